The molecule has 1 unspecified atom stereocenters. The molecular formula is C22H20F3N3O3. The largest absolute Gasteiger partial charge is 0.416 e. The first-order valence-electron chi connectivity index (χ1n) is 9.82. The fourth-order valence-corrected chi connectivity index (χ4v) is 4.22. The van der Waals surface area contributed by atoms with Crippen molar-refractivity contribution >= 4 is 29.1 Å². The summed E-state index contributed by atoms with van der Waals surface area (Å²) in [5.74, 6) is -0.779. The van der Waals surface area contributed by atoms with Gasteiger partial charge >= 0.3 is 6.18 Å². The first-order chi connectivity index (χ1) is 14.6. The third-order valence-corrected chi connectivity index (χ3v) is 5.80. The molecule has 31 heavy (non-hydrogen) atoms. The summed E-state index contributed by atoms with van der Waals surface area (Å²) in [6.07, 6.45) is -3.77. The molecule has 1 fully saturated rings. The van der Waals surface area contributed by atoms with Crippen molar-refractivity contribution < 1.29 is 27.6 Å². The van der Waals surface area contributed by atoms with Crippen molar-refractivity contribution in [1.82, 2.24) is 4.90 Å². The average Bonchev–Trinajstić information content (AvgIpc) is 3.03. The Morgan fingerprint density at radius 3 is 2.45 bits per heavy atom. The summed E-state index contributed by atoms with van der Waals surface area (Å²) in [5.41, 5.74) is -0.461. The van der Waals surface area contributed by atoms with Gasteiger partial charge in [0.15, 0.2) is 0 Å². The number of anilines is 2. The highest BCUT2D eigenvalue weighted by molar-refractivity contribution is 6.10. The van der Waals surface area contributed by atoms with Crippen LogP contribution in [0.2, 0.25) is 0 Å². The Morgan fingerprint density at radius 2 is 1.77 bits per heavy atom. The molecule has 1 atom stereocenters. The van der Waals surface area contributed by atoms with Crippen LogP contribution in [0.1, 0.15) is 42.1 Å². The monoisotopic (exact) mass is 431 g/mol. The maximum Gasteiger partial charge on any atom is 0.416 e. The summed E-state index contributed by atoms with van der Waals surface area (Å²) >= 11 is 0. The van der Waals surface area contributed by atoms with E-state index in [0.717, 1.165) is 12.1 Å². The van der Waals surface area contributed by atoms with Gasteiger partial charge < -0.3 is 10.2 Å². The number of nitrogens with zero attached hydrogens (tertiary/aromatic N) is 2. The minimum Gasteiger partial charge on any atom is -0.326 e. The number of alkyl halides is 3. The lowest BCUT2D eigenvalue weighted by molar-refractivity contribution is -0.137. The van der Waals surface area contributed by atoms with Gasteiger partial charge in [-0.3, -0.25) is 19.3 Å². The number of halogens is 3. The lowest BCUT2D eigenvalue weighted by atomic mass is 9.98. The summed E-state index contributed by atoms with van der Waals surface area (Å²) in [5, 5.41) is 2.55. The summed E-state index contributed by atoms with van der Waals surface area (Å²) in [6, 6.07) is 11.0. The van der Waals surface area contributed by atoms with Gasteiger partial charge in [0.05, 0.1) is 16.8 Å². The average molecular weight is 431 g/mol. The Bertz CT molecular complexity index is 1050. The lowest BCUT2D eigenvalue weighted by Gasteiger charge is -2.48. The quantitative estimate of drug-likeness (QED) is 0.795. The van der Waals surface area contributed by atoms with Gasteiger partial charge in [0.2, 0.25) is 11.8 Å². The van der Waals surface area contributed by atoms with Crippen molar-refractivity contribution in [3.05, 3.63) is 59.7 Å². The lowest BCUT2D eigenvalue weighted by Crippen LogP contribution is -2.62. The van der Waals surface area contributed by atoms with Gasteiger partial charge in [-0.2, -0.15) is 13.2 Å². The van der Waals surface area contributed by atoms with Crippen LogP contribution in [-0.2, 0) is 15.8 Å². The zero-order valence-corrected chi connectivity index (χ0v) is 16.7. The molecule has 2 aromatic rings. The maximum atomic E-state index is 13.1. The van der Waals surface area contributed by atoms with Crippen LogP contribution in [0, 0.1) is 0 Å². The second kappa shape index (κ2) is 7.40. The molecule has 0 bridgehead atoms. The molecule has 2 aromatic carbocycles. The van der Waals surface area contributed by atoms with Crippen LogP contribution in [0.4, 0.5) is 24.5 Å². The fraction of sp³-hybridized carbons (Fsp3) is 0.318. The molecule has 9 heteroatoms. The predicted molar refractivity (Wildman–Crippen MR) is 107 cm³/mol. The standard InChI is InChI=1S/C22H20F3N3O3/c1-21-12-10-19(30)28(21)17-5-3-2-4-16(17)20(31)27(21)13-11-18(29)26-15-8-6-14(7-9-15)22(23,24)25/h2-9H,10-13H2,1H3,(H,26,29). The number of carbonyl (C=O) groups is 3. The molecule has 1 saturated heterocycles. The van der Waals surface area contributed by atoms with Gasteiger partial charge in [-0.1, -0.05) is 12.1 Å². The first kappa shape index (κ1) is 20.9. The highest BCUT2D eigenvalue weighted by Gasteiger charge is 2.52. The summed E-state index contributed by atoms with van der Waals surface area (Å²) in [7, 11) is 0. The highest BCUT2D eigenvalue weighted by Crippen LogP contribution is 2.44. The summed E-state index contributed by atoms with van der Waals surface area (Å²) in [4.78, 5) is 41.2. The number of hydrogen-bond acceptors (Lipinski definition) is 3. The second-order valence-electron chi connectivity index (χ2n) is 7.79. The van der Waals surface area contributed by atoms with Crippen LogP contribution in [0.15, 0.2) is 48.5 Å². The molecule has 4 rings (SSSR count). The number of rotatable bonds is 4. The van der Waals surface area contributed by atoms with Crippen molar-refractivity contribution in [3.63, 3.8) is 0 Å². The zero-order chi connectivity index (χ0) is 22.4. The third kappa shape index (κ3) is 3.64. The molecule has 0 aromatic heterocycles. The minimum absolute atomic E-state index is 0.0629. The van der Waals surface area contributed by atoms with E-state index in [1.807, 2.05) is 0 Å². The number of amides is 3. The second-order valence-corrected chi connectivity index (χ2v) is 7.79. The van der Waals surface area contributed by atoms with E-state index in [2.05, 4.69) is 5.32 Å². The van der Waals surface area contributed by atoms with Gasteiger partial charge in [-0.05, 0) is 49.7 Å². The van der Waals surface area contributed by atoms with Crippen LogP contribution in [0.3, 0.4) is 0 Å². The number of fused-ring (bicyclic) bond motifs is 3. The van der Waals surface area contributed by atoms with Crippen molar-refractivity contribution in [2.75, 3.05) is 16.8 Å². The number of carbonyl (C=O) groups excluding carboxylic acids is 3. The third-order valence-electron chi connectivity index (χ3n) is 5.80. The molecule has 162 valence electrons. The molecule has 0 aliphatic carbocycles. The van der Waals surface area contributed by atoms with Crippen LogP contribution in [0.25, 0.3) is 0 Å². The van der Waals surface area contributed by atoms with E-state index in [9.17, 15) is 27.6 Å². The van der Waals surface area contributed by atoms with Crippen molar-refractivity contribution in [1.29, 1.82) is 0 Å². The molecule has 6 nitrogen and oxygen atoms in total. The number of benzene rings is 2. The molecule has 0 spiro atoms. The fourth-order valence-electron chi connectivity index (χ4n) is 4.22. The number of nitrogens with one attached hydrogen (secondary N) is 1. The van der Waals surface area contributed by atoms with Crippen LogP contribution in [0.5, 0.6) is 0 Å². The maximum absolute atomic E-state index is 13.1. The Labute approximate surface area is 176 Å². The highest BCUT2D eigenvalue weighted by atomic mass is 19.4. The van der Waals surface area contributed by atoms with Gasteiger partial charge in [-0.15, -0.1) is 0 Å². The number of para-hydroxylation sites is 1. The van der Waals surface area contributed by atoms with Gasteiger partial charge in [0.25, 0.3) is 5.91 Å². The van der Waals surface area contributed by atoms with Crippen molar-refractivity contribution in [2.45, 2.75) is 38.0 Å². The Morgan fingerprint density at radius 1 is 1.10 bits per heavy atom. The van der Waals surface area contributed by atoms with Crippen molar-refractivity contribution in [2.24, 2.45) is 0 Å². The normalized spacial score (nSPS) is 20.5. The molecule has 0 saturated carbocycles. The molecular weight excluding hydrogens is 411 g/mol. The summed E-state index contributed by atoms with van der Waals surface area (Å²) < 4.78 is 38.0. The molecule has 1 N–H and O–H groups in total. The van der Waals surface area contributed by atoms with Crippen LogP contribution in [-0.4, -0.2) is 34.8 Å². The van der Waals surface area contributed by atoms with Crippen LogP contribution >= 0.6 is 0 Å². The zero-order valence-electron chi connectivity index (χ0n) is 16.7. The first-order valence-corrected chi connectivity index (χ1v) is 9.82. The van der Waals surface area contributed by atoms with Crippen molar-refractivity contribution in [3.8, 4) is 0 Å². The molecule has 0 radical (unpaired) electrons. The minimum atomic E-state index is -4.45. The van der Waals surface area contributed by atoms with E-state index >= 15 is 0 Å². The van der Waals surface area contributed by atoms with E-state index in [-0.39, 0.29) is 30.5 Å². The topological polar surface area (TPSA) is 69.7 Å². The Kier molecular flexibility index (Phi) is 4.99. The van der Waals surface area contributed by atoms with E-state index < -0.39 is 23.3 Å². The van der Waals surface area contributed by atoms with E-state index in [4.69, 9.17) is 0 Å². The smallest absolute Gasteiger partial charge is 0.326 e. The van der Waals surface area contributed by atoms with Crippen LogP contribution < -0.4 is 10.2 Å². The van der Waals surface area contributed by atoms with Gasteiger partial charge in [0, 0.05) is 25.1 Å². The summed E-state index contributed by atoms with van der Waals surface area (Å²) in [6.45, 7) is 1.87. The Hall–Kier alpha value is -3.36. The van der Waals surface area contributed by atoms with Gasteiger partial charge in [0.1, 0.15) is 5.66 Å². The Balaban J connectivity index is 1.48. The molecule has 3 amide bonds. The predicted octanol–water partition coefficient (Wildman–Crippen LogP) is 4.03. The van der Waals surface area contributed by atoms with Gasteiger partial charge in [-0.25, -0.2) is 0 Å². The van der Waals surface area contributed by atoms with E-state index in [1.165, 1.54) is 17.0 Å². The molecule has 2 aliphatic rings. The van der Waals surface area contributed by atoms with E-state index in [1.54, 1.807) is 36.1 Å². The number of hydrogen-bond donors (Lipinski definition) is 1. The molecule has 2 heterocycles. The van der Waals surface area contributed by atoms with E-state index in [0.29, 0.717) is 24.1 Å². The molecule has 2 aliphatic heterocycles. The SMILES string of the molecule is CC12CCC(=O)N1c1ccccc1C(=O)N2CCC(=O)Nc1ccc(C(F)(F)F)cc1.